The molecule has 3 saturated carbocycles. The van der Waals surface area contributed by atoms with Crippen LogP contribution in [-0.4, -0.2) is 6.10 Å². The minimum absolute atomic E-state index is 0.247. The van der Waals surface area contributed by atoms with Crippen LogP contribution in [0.1, 0.15) is 70.3 Å². The van der Waals surface area contributed by atoms with Crippen LogP contribution in [0.25, 0.3) is 6.08 Å². The van der Waals surface area contributed by atoms with E-state index in [0.717, 1.165) is 45.9 Å². The van der Waals surface area contributed by atoms with Crippen LogP contribution < -0.4 is 4.74 Å². The molecule has 1 aromatic carbocycles. The van der Waals surface area contributed by atoms with Gasteiger partial charge >= 0.3 is 0 Å². The topological polar surface area (TPSA) is 9.23 Å². The van der Waals surface area contributed by atoms with Crippen LogP contribution in [0.5, 0.6) is 5.75 Å². The lowest BCUT2D eigenvalue weighted by atomic mass is 9.65. The summed E-state index contributed by atoms with van der Waals surface area (Å²) in [5.41, 5.74) is 1.45. The first-order valence-corrected chi connectivity index (χ1v) is 12.1. The van der Waals surface area contributed by atoms with Gasteiger partial charge < -0.3 is 4.74 Å². The normalized spacial score (nSPS) is 35.5. The Hall–Kier alpha value is -1.02. The van der Waals surface area contributed by atoms with Crippen molar-refractivity contribution >= 4 is 22.0 Å². The smallest absolute Gasteiger partial charge is 0.127 e. The molecule has 1 nitrogen and oxygen atoms in total. The van der Waals surface area contributed by atoms with Gasteiger partial charge in [-0.3, -0.25) is 0 Å². The van der Waals surface area contributed by atoms with Crippen molar-refractivity contribution in [3.63, 3.8) is 0 Å². The first-order valence-electron chi connectivity index (χ1n) is 11.3. The molecule has 0 radical (unpaired) electrons. The van der Waals surface area contributed by atoms with Crippen molar-refractivity contribution in [2.45, 2.75) is 70.8 Å². The molecule has 3 aliphatic rings. The molecule has 0 bridgehead atoms. The van der Waals surface area contributed by atoms with E-state index in [1.165, 1.54) is 51.4 Å². The molecule has 0 aromatic heterocycles. The van der Waals surface area contributed by atoms with E-state index >= 15 is 0 Å². The van der Waals surface area contributed by atoms with Crippen LogP contribution in [0.15, 0.2) is 41.9 Å². The summed E-state index contributed by atoms with van der Waals surface area (Å²) in [5, 5.41) is 0. The van der Waals surface area contributed by atoms with Crippen LogP contribution >= 0.6 is 15.9 Å². The maximum atomic E-state index is 6.72. The summed E-state index contributed by atoms with van der Waals surface area (Å²) < 4.78 is 7.79. The van der Waals surface area contributed by atoms with Gasteiger partial charge in [0.05, 0.1) is 0 Å². The van der Waals surface area contributed by atoms with Crippen molar-refractivity contribution in [3.05, 3.63) is 47.5 Å². The van der Waals surface area contributed by atoms with Crippen molar-refractivity contribution in [2.75, 3.05) is 0 Å². The number of halogens is 1. The first kappa shape index (κ1) is 20.3. The SMILES string of the molecule is C=CCC(Oc1ccc(Br)cc1C=C)C12CCCC(C3CCCCC3C)C1C2. The Morgan fingerprint density at radius 1 is 1.18 bits per heavy atom. The van der Waals surface area contributed by atoms with Crippen molar-refractivity contribution in [1.29, 1.82) is 0 Å². The van der Waals surface area contributed by atoms with Gasteiger partial charge in [-0.2, -0.15) is 0 Å². The van der Waals surface area contributed by atoms with Gasteiger partial charge in [0.15, 0.2) is 0 Å². The Labute approximate surface area is 179 Å². The summed E-state index contributed by atoms with van der Waals surface area (Å²) in [6, 6.07) is 6.26. The number of rotatable bonds is 7. The molecule has 3 fully saturated rings. The minimum Gasteiger partial charge on any atom is -0.489 e. The van der Waals surface area contributed by atoms with E-state index in [0.29, 0.717) is 5.41 Å². The summed E-state index contributed by atoms with van der Waals surface area (Å²) in [4.78, 5) is 0. The van der Waals surface area contributed by atoms with Crippen molar-refractivity contribution in [1.82, 2.24) is 0 Å². The van der Waals surface area contributed by atoms with Gasteiger partial charge in [-0.05, 0) is 67.6 Å². The Balaban J connectivity index is 1.55. The third-order valence-electron chi connectivity index (χ3n) is 8.09. The Morgan fingerprint density at radius 3 is 2.71 bits per heavy atom. The molecule has 0 saturated heterocycles. The number of hydrogen-bond acceptors (Lipinski definition) is 1. The van der Waals surface area contributed by atoms with E-state index < -0.39 is 0 Å². The summed E-state index contributed by atoms with van der Waals surface area (Å²) in [6.07, 6.45) is 16.4. The molecule has 0 N–H and O–H groups in total. The highest BCUT2D eigenvalue weighted by Gasteiger charge is 2.64. The fourth-order valence-corrected chi connectivity index (χ4v) is 6.98. The average Bonchev–Trinajstić information content (AvgIpc) is 3.45. The van der Waals surface area contributed by atoms with Gasteiger partial charge in [0.1, 0.15) is 11.9 Å². The van der Waals surface area contributed by atoms with Crippen molar-refractivity contribution < 1.29 is 4.74 Å². The van der Waals surface area contributed by atoms with Crippen LogP contribution in [0.3, 0.4) is 0 Å². The number of hydrogen-bond donors (Lipinski definition) is 0. The van der Waals surface area contributed by atoms with Crippen LogP contribution in [0.4, 0.5) is 0 Å². The zero-order valence-corrected chi connectivity index (χ0v) is 18.9. The largest absolute Gasteiger partial charge is 0.489 e. The summed E-state index contributed by atoms with van der Waals surface area (Å²) in [5.74, 6) is 4.61. The standard InChI is InChI=1S/C26H35BrO/c1-4-9-25(28-24-14-13-20(27)16-19(24)5-2)26-15-8-12-22(23(26)17-26)21-11-7-6-10-18(21)3/h4-5,13-14,16,18,21-23,25H,1-2,6-12,15,17H2,3H3. The van der Waals surface area contributed by atoms with E-state index in [2.05, 4.69) is 60.3 Å². The maximum Gasteiger partial charge on any atom is 0.127 e. The van der Waals surface area contributed by atoms with Gasteiger partial charge in [0, 0.05) is 21.9 Å². The lowest BCUT2D eigenvalue weighted by Crippen LogP contribution is -2.37. The summed E-state index contributed by atoms with van der Waals surface area (Å²) >= 11 is 3.57. The number of fused-ring (bicyclic) bond motifs is 1. The molecule has 3 aliphatic carbocycles. The predicted octanol–water partition coefficient (Wildman–Crippen LogP) is 8.05. The molecule has 0 heterocycles. The Morgan fingerprint density at radius 2 is 1.96 bits per heavy atom. The first-order chi connectivity index (χ1) is 13.6. The van der Waals surface area contributed by atoms with Crippen LogP contribution in [0, 0.1) is 29.1 Å². The molecule has 0 aliphatic heterocycles. The second kappa shape index (κ2) is 8.38. The van der Waals surface area contributed by atoms with Crippen molar-refractivity contribution in [3.8, 4) is 5.75 Å². The molecule has 1 aromatic rings. The van der Waals surface area contributed by atoms with E-state index in [9.17, 15) is 0 Å². The fraction of sp³-hybridized carbons (Fsp3) is 0.615. The van der Waals surface area contributed by atoms with Gasteiger partial charge in [0.2, 0.25) is 0 Å². The van der Waals surface area contributed by atoms with Gasteiger partial charge in [-0.15, -0.1) is 6.58 Å². The lowest BCUT2D eigenvalue weighted by Gasteiger charge is -2.41. The zero-order chi connectivity index (χ0) is 19.7. The molecular weight excluding hydrogens is 408 g/mol. The van der Waals surface area contributed by atoms with Crippen molar-refractivity contribution in [2.24, 2.45) is 29.1 Å². The van der Waals surface area contributed by atoms with Gasteiger partial charge in [-0.1, -0.05) is 67.3 Å². The molecule has 0 spiro atoms. The minimum atomic E-state index is 0.247. The quantitative estimate of drug-likeness (QED) is 0.388. The van der Waals surface area contributed by atoms with Crippen LogP contribution in [-0.2, 0) is 0 Å². The second-order valence-electron chi connectivity index (χ2n) is 9.54. The Kier molecular flexibility index (Phi) is 6.06. The van der Waals surface area contributed by atoms with E-state index in [4.69, 9.17) is 4.74 Å². The average molecular weight is 443 g/mol. The molecule has 28 heavy (non-hydrogen) atoms. The second-order valence-corrected chi connectivity index (χ2v) is 10.5. The molecule has 4 rings (SSSR count). The molecule has 6 atom stereocenters. The van der Waals surface area contributed by atoms with E-state index in [-0.39, 0.29) is 6.10 Å². The predicted molar refractivity (Wildman–Crippen MR) is 122 cm³/mol. The van der Waals surface area contributed by atoms with E-state index in [1.807, 2.05) is 6.08 Å². The molecule has 152 valence electrons. The third-order valence-corrected chi connectivity index (χ3v) is 8.58. The number of benzene rings is 1. The fourth-order valence-electron chi connectivity index (χ4n) is 6.60. The Bertz CT molecular complexity index is 725. The number of ether oxygens (including phenoxy) is 1. The highest BCUT2D eigenvalue weighted by atomic mass is 79.9. The lowest BCUT2D eigenvalue weighted by molar-refractivity contribution is 0.0458. The molecular formula is C26H35BrO. The zero-order valence-electron chi connectivity index (χ0n) is 17.3. The van der Waals surface area contributed by atoms with Gasteiger partial charge in [0.25, 0.3) is 0 Å². The highest BCUT2D eigenvalue weighted by molar-refractivity contribution is 9.10. The molecule has 2 heteroatoms. The molecule has 6 unspecified atom stereocenters. The maximum absolute atomic E-state index is 6.72. The van der Waals surface area contributed by atoms with E-state index in [1.54, 1.807) is 0 Å². The monoisotopic (exact) mass is 442 g/mol. The third kappa shape index (κ3) is 3.74. The van der Waals surface area contributed by atoms with Crippen LogP contribution in [0.2, 0.25) is 0 Å². The summed E-state index contributed by atoms with van der Waals surface area (Å²) in [7, 11) is 0. The highest BCUT2D eigenvalue weighted by Crippen LogP contribution is 2.69. The van der Waals surface area contributed by atoms with Gasteiger partial charge in [-0.25, -0.2) is 0 Å². The summed E-state index contributed by atoms with van der Waals surface area (Å²) in [6.45, 7) is 10.6. The molecule has 0 amide bonds.